The molecule has 0 heterocycles. The summed E-state index contributed by atoms with van der Waals surface area (Å²) in [5.41, 5.74) is 1.20. The van der Waals surface area contributed by atoms with Crippen molar-refractivity contribution in [3.05, 3.63) is 29.6 Å². The van der Waals surface area contributed by atoms with E-state index < -0.39 is 12.5 Å². The SMILES string of the molecule is O=C(CO)Nc1ccc(F)c(C2CC2)c1. The van der Waals surface area contributed by atoms with Gasteiger partial charge in [0, 0.05) is 5.69 Å². The van der Waals surface area contributed by atoms with Crippen LogP contribution in [0.5, 0.6) is 0 Å². The smallest absolute Gasteiger partial charge is 0.250 e. The van der Waals surface area contributed by atoms with Crippen molar-refractivity contribution in [2.45, 2.75) is 18.8 Å². The van der Waals surface area contributed by atoms with Crippen molar-refractivity contribution in [3.63, 3.8) is 0 Å². The molecule has 1 aromatic carbocycles. The van der Waals surface area contributed by atoms with E-state index in [1.165, 1.54) is 12.1 Å². The normalized spacial score (nSPS) is 15.1. The van der Waals surface area contributed by atoms with E-state index in [1.54, 1.807) is 6.07 Å². The average molecular weight is 209 g/mol. The fourth-order valence-electron chi connectivity index (χ4n) is 1.53. The third-order valence-corrected chi connectivity index (χ3v) is 2.44. The third-order valence-electron chi connectivity index (χ3n) is 2.44. The Morgan fingerprint density at radius 1 is 1.53 bits per heavy atom. The lowest BCUT2D eigenvalue weighted by molar-refractivity contribution is -0.118. The van der Waals surface area contributed by atoms with Crippen LogP contribution >= 0.6 is 0 Å². The third kappa shape index (κ3) is 2.33. The molecule has 4 heteroatoms. The van der Waals surface area contributed by atoms with Crippen LogP contribution in [0.15, 0.2) is 18.2 Å². The van der Waals surface area contributed by atoms with Crippen molar-refractivity contribution in [2.75, 3.05) is 11.9 Å². The Labute approximate surface area is 86.9 Å². The number of hydrogen-bond donors (Lipinski definition) is 2. The van der Waals surface area contributed by atoms with Crippen molar-refractivity contribution in [1.82, 2.24) is 0 Å². The lowest BCUT2D eigenvalue weighted by Gasteiger charge is -2.06. The molecule has 1 saturated carbocycles. The van der Waals surface area contributed by atoms with Gasteiger partial charge in [0.2, 0.25) is 5.91 Å². The molecule has 0 unspecified atom stereocenters. The molecule has 1 aliphatic carbocycles. The Balaban J connectivity index is 2.18. The van der Waals surface area contributed by atoms with Gasteiger partial charge in [0.05, 0.1) is 0 Å². The van der Waals surface area contributed by atoms with Gasteiger partial charge in [-0.05, 0) is 42.5 Å². The number of anilines is 1. The molecule has 15 heavy (non-hydrogen) atoms. The van der Waals surface area contributed by atoms with E-state index in [2.05, 4.69) is 5.32 Å². The van der Waals surface area contributed by atoms with Crippen LogP contribution in [-0.2, 0) is 4.79 Å². The first-order valence-electron chi connectivity index (χ1n) is 4.91. The van der Waals surface area contributed by atoms with Gasteiger partial charge < -0.3 is 10.4 Å². The minimum absolute atomic E-state index is 0.223. The fourth-order valence-corrected chi connectivity index (χ4v) is 1.53. The molecule has 1 aromatic rings. The standard InChI is InChI=1S/C11H12FNO2/c12-10-4-3-8(13-11(15)6-14)5-9(10)7-1-2-7/h3-5,7,14H,1-2,6H2,(H,13,15). The highest BCUT2D eigenvalue weighted by molar-refractivity contribution is 5.91. The maximum atomic E-state index is 13.3. The van der Waals surface area contributed by atoms with E-state index >= 15 is 0 Å². The molecule has 0 radical (unpaired) electrons. The van der Waals surface area contributed by atoms with Gasteiger partial charge >= 0.3 is 0 Å². The number of aliphatic hydroxyl groups is 1. The molecule has 80 valence electrons. The van der Waals surface area contributed by atoms with Gasteiger partial charge in [-0.3, -0.25) is 4.79 Å². The molecule has 0 aromatic heterocycles. The summed E-state index contributed by atoms with van der Waals surface area (Å²) in [5.74, 6) is -0.404. The summed E-state index contributed by atoms with van der Waals surface area (Å²) in [6.07, 6.45) is 2.02. The van der Waals surface area contributed by atoms with E-state index in [1.807, 2.05) is 0 Å². The Bertz CT molecular complexity index is 388. The Kier molecular flexibility index (Phi) is 2.68. The second-order valence-corrected chi connectivity index (χ2v) is 3.72. The van der Waals surface area contributed by atoms with Crippen LogP contribution in [0.1, 0.15) is 24.3 Å². The van der Waals surface area contributed by atoms with Crippen LogP contribution in [0, 0.1) is 5.82 Å². The second kappa shape index (κ2) is 3.98. The number of hydrogen-bond acceptors (Lipinski definition) is 2. The lowest BCUT2D eigenvalue weighted by Crippen LogP contribution is -2.15. The van der Waals surface area contributed by atoms with Gasteiger partial charge in [-0.25, -0.2) is 4.39 Å². The molecule has 0 saturated heterocycles. The maximum absolute atomic E-state index is 13.3. The molecule has 0 atom stereocenters. The van der Waals surface area contributed by atoms with Gasteiger partial charge in [-0.2, -0.15) is 0 Å². The summed E-state index contributed by atoms with van der Waals surface area (Å²) in [7, 11) is 0. The summed E-state index contributed by atoms with van der Waals surface area (Å²) in [4.78, 5) is 10.9. The average Bonchev–Trinajstić information content (AvgIpc) is 3.04. The monoisotopic (exact) mass is 209 g/mol. The number of aliphatic hydroxyl groups excluding tert-OH is 1. The quantitative estimate of drug-likeness (QED) is 0.795. The zero-order chi connectivity index (χ0) is 10.8. The molecule has 3 nitrogen and oxygen atoms in total. The Hall–Kier alpha value is -1.42. The molecule has 0 spiro atoms. The van der Waals surface area contributed by atoms with Crippen molar-refractivity contribution in [2.24, 2.45) is 0 Å². The summed E-state index contributed by atoms with van der Waals surface area (Å²) >= 11 is 0. The predicted octanol–water partition coefficient (Wildman–Crippen LogP) is 1.63. The summed E-state index contributed by atoms with van der Waals surface area (Å²) in [6, 6.07) is 4.48. The summed E-state index contributed by atoms with van der Waals surface area (Å²) in [6.45, 7) is -0.559. The number of halogens is 1. The first-order chi connectivity index (χ1) is 7.20. The van der Waals surface area contributed by atoms with Crippen LogP contribution in [0.4, 0.5) is 10.1 Å². The molecule has 1 aliphatic rings. The summed E-state index contributed by atoms with van der Waals surface area (Å²) in [5, 5.41) is 11.0. The fraction of sp³-hybridized carbons (Fsp3) is 0.364. The first-order valence-corrected chi connectivity index (χ1v) is 4.91. The summed E-state index contributed by atoms with van der Waals surface area (Å²) < 4.78 is 13.3. The highest BCUT2D eigenvalue weighted by Gasteiger charge is 2.26. The van der Waals surface area contributed by atoms with Crippen molar-refractivity contribution in [3.8, 4) is 0 Å². The molecular weight excluding hydrogens is 197 g/mol. The molecular formula is C11H12FNO2. The Morgan fingerprint density at radius 2 is 2.27 bits per heavy atom. The maximum Gasteiger partial charge on any atom is 0.250 e. The molecule has 1 fully saturated rings. The van der Waals surface area contributed by atoms with Gasteiger partial charge in [0.25, 0.3) is 0 Å². The van der Waals surface area contributed by atoms with E-state index in [9.17, 15) is 9.18 Å². The highest BCUT2D eigenvalue weighted by Crippen LogP contribution is 2.41. The number of amides is 1. The van der Waals surface area contributed by atoms with E-state index in [4.69, 9.17) is 5.11 Å². The first kappa shape index (κ1) is 10.1. The largest absolute Gasteiger partial charge is 0.387 e. The van der Waals surface area contributed by atoms with Crippen LogP contribution in [0.25, 0.3) is 0 Å². The number of benzene rings is 1. The molecule has 1 amide bonds. The number of carbonyl (C=O) groups excluding carboxylic acids is 1. The number of rotatable bonds is 3. The van der Waals surface area contributed by atoms with Crippen LogP contribution < -0.4 is 5.32 Å². The van der Waals surface area contributed by atoms with Gasteiger partial charge in [-0.1, -0.05) is 0 Å². The second-order valence-electron chi connectivity index (χ2n) is 3.72. The molecule has 0 aliphatic heterocycles. The van der Waals surface area contributed by atoms with Crippen molar-refractivity contribution < 1.29 is 14.3 Å². The van der Waals surface area contributed by atoms with E-state index in [0.717, 1.165) is 12.8 Å². The molecule has 2 N–H and O–H groups in total. The van der Waals surface area contributed by atoms with Gasteiger partial charge in [-0.15, -0.1) is 0 Å². The van der Waals surface area contributed by atoms with Crippen molar-refractivity contribution in [1.29, 1.82) is 0 Å². The topological polar surface area (TPSA) is 49.3 Å². The number of carbonyl (C=O) groups is 1. The van der Waals surface area contributed by atoms with Crippen LogP contribution in [0.3, 0.4) is 0 Å². The van der Waals surface area contributed by atoms with Crippen molar-refractivity contribution >= 4 is 11.6 Å². The zero-order valence-corrected chi connectivity index (χ0v) is 8.16. The van der Waals surface area contributed by atoms with Crippen LogP contribution in [0.2, 0.25) is 0 Å². The minimum atomic E-state index is -0.559. The van der Waals surface area contributed by atoms with Crippen LogP contribution in [-0.4, -0.2) is 17.6 Å². The minimum Gasteiger partial charge on any atom is -0.387 e. The molecule has 0 bridgehead atoms. The Morgan fingerprint density at radius 3 is 2.87 bits per heavy atom. The number of nitrogens with one attached hydrogen (secondary N) is 1. The molecule has 2 rings (SSSR count). The van der Waals surface area contributed by atoms with E-state index in [-0.39, 0.29) is 5.82 Å². The lowest BCUT2D eigenvalue weighted by atomic mass is 10.1. The highest BCUT2D eigenvalue weighted by atomic mass is 19.1. The van der Waals surface area contributed by atoms with Gasteiger partial charge in [0.15, 0.2) is 0 Å². The van der Waals surface area contributed by atoms with Gasteiger partial charge in [0.1, 0.15) is 12.4 Å². The zero-order valence-electron chi connectivity index (χ0n) is 8.16. The van der Waals surface area contributed by atoms with E-state index in [0.29, 0.717) is 17.2 Å². The predicted molar refractivity (Wildman–Crippen MR) is 54.1 cm³/mol.